The number of carbonyl (C=O) groups is 1. The number of aliphatic hydroxyl groups is 1. The number of aryl methyl sites for hydroxylation is 1. The molecule has 0 unspecified atom stereocenters. The van der Waals surface area contributed by atoms with E-state index in [0.29, 0.717) is 18.5 Å². The number of fused-ring (bicyclic) bond motifs is 1. The molecule has 0 spiro atoms. The predicted octanol–water partition coefficient (Wildman–Crippen LogP) is 3.69. The van der Waals surface area contributed by atoms with Crippen LogP contribution >= 0.6 is 0 Å². The molecular weight excluding hydrogens is 352 g/mol. The van der Waals surface area contributed by atoms with E-state index in [1.54, 1.807) is 34.7 Å². The van der Waals surface area contributed by atoms with E-state index in [1.807, 2.05) is 55.5 Å². The molecule has 0 aliphatic rings. The van der Waals surface area contributed by atoms with E-state index in [1.165, 1.54) is 0 Å². The molecule has 5 heteroatoms. The number of aromatic nitrogens is 1. The highest BCUT2D eigenvalue weighted by atomic mass is 16.2. The second kappa shape index (κ2) is 8.67. The molecule has 0 aliphatic carbocycles. The van der Waals surface area contributed by atoms with Crippen molar-refractivity contribution in [2.75, 3.05) is 18.6 Å². The lowest BCUT2D eigenvalue weighted by Gasteiger charge is -2.19. The summed E-state index contributed by atoms with van der Waals surface area (Å²) in [5, 5.41) is 9.91. The van der Waals surface area contributed by atoms with Crippen molar-refractivity contribution in [3.63, 3.8) is 0 Å². The first-order valence-corrected chi connectivity index (χ1v) is 9.35. The van der Waals surface area contributed by atoms with Crippen LogP contribution in [0.25, 0.3) is 17.0 Å². The number of nitrogens with zero attached hydrogens (tertiary/aromatic N) is 2. The predicted molar refractivity (Wildman–Crippen MR) is 114 cm³/mol. The molecule has 3 rings (SSSR count). The second-order valence-electron chi connectivity index (χ2n) is 6.53. The van der Waals surface area contributed by atoms with E-state index >= 15 is 0 Å². The number of amides is 1. The summed E-state index contributed by atoms with van der Waals surface area (Å²) in [5.41, 5.74) is 2.90. The number of rotatable bonds is 6. The molecule has 0 saturated heterocycles. The summed E-state index contributed by atoms with van der Waals surface area (Å²) in [6.45, 7) is 2.55. The van der Waals surface area contributed by atoms with Crippen LogP contribution in [0.3, 0.4) is 0 Å². The van der Waals surface area contributed by atoms with Gasteiger partial charge in [0.25, 0.3) is 11.5 Å². The lowest BCUT2D eigenvalue weighted by atomic mass is 10.1. The van der Waals surface area contributed by atoms with Gasteiger partial charge in [-0.2, -0.15) is 0 Å². The molecule has 0 fully saturated rings. The van der Waals surface area contributed by atoms with Gasteiger partial charge in [0.1, 0.15) is 0 Å². The van der Waals surface area contributed by atoms with Crippen molar-refractivity contribution in [3.8, 4) is 0 Å². The number of anilines is 1. The molecule has 0 atom stereocenters. The van der Waals surface area contributed by atoms with Crippen LogP contribution in [-0.4, -0.2) is 29.2 Å². The number of benzene rings is 2. The van der Waals surface area contributed by atoms with Gasteiger partial charge in [-0.05, 0) is 49.2 Å². The zero-order valence-corrected chi connectivity index (χ0v) is 16.1. The quantitative estimate of drug-likeness (QED) is 0.714. The van der Waals surface area contributed by atoms with Crippen molar-refractivity contribution in [2.45, 2.75) is 19.9 Å². The molecule has 144 valence electrons. The van der Waals surface area contributed by atoms with Crippen LogP contribution in [0.1, 0.15) is 29.3 Å². The summed E-state index contributed by atoms with van der Waals surface area (Å²) >= 11 is 0. The summed E-state index contributed by atoms with van der Waals surface area (Å²) in [6, 6.07) is 16.4. The molecular formula is C23H24N2O3. The Kier molecular flexibility index (Phi) is 6.06. The first kappa shape index (κ1) is 19.6. The van der Waals surface area contributed by atoms with Gasteiger partial charge < -0.3 is 14.6 Å². The first-order valence-electron chi connectivity index (χ1n) is 9.35. The van der Waals surface area contributed by atoms with Crippen molar-refractivity contribution in [1.29, 1.82) is 0 Å². The van der Waals surface area contributed by atoms with Gasteiger partial charge in [-0.3, -0.25) is 9.59 Å². The Morgan fingerprint density at radius 2 is 1.89 bits per heavy atom. The zero-order chi connectivity index (χ0) is 20.1. The molecule has 1 aromatic heterocycles. The average molecular weight is 376 g/mol. The summed E-state index contributed by atoms with van der Waals surface area (Å²) < 4.78 is 1.71. The molecule has 0 aliphatic heterocycles. The van der Waals surface area contributed by atoms with Gasteiger partial charge in [0.05, 0.1) is 5.52 Å². The van der Waals surface area contributed by atoms with Gasteiger partial charge in [-0.15, -0.1) is 0 Å². The number of hydrogen-bond donors (Lipinski definition) is 1. The van der Waals surface area contributed by atoms with Crippen LogP contribution in [0, 0.1) is 0 Å². The van der Waals surface area contributed by atoms with E-state index in [0.717, 1.165) is 22.2 Å². The van der Waals surface area contributed by atoms with Gasteiger partial charge in [0.2, 0.25) is 0 Å². The van der Waals surface area contributed by atoms with Crippen molar-refractivity contribution in [1.82, 2.24) is 4.57 Å². The standard InChI is InChI=1S/C23H24N2O3/c1-3-25-21-13-12-19(24(2)23(28)17-9-5-4-6-10-17)16-20(21)18(15-22(25)27)11-7-8-14-26/h4-7,9-13,15-16,26H,3,8,14H2,1-2H3/b11-7+. The number of aliphatic hydroxyl groups excluding tert-OH is 1. The summed E-state index contributed by atoms with van der Waals surface area (Å²) in [6.07, 6.45) is 4.21. The Hall–Kier alpha value is -3.18. The molecule has 5 nitrogen and oxygen atoms in total. The molecule has 0 bridgehead atoms. The smallest absolute Gasteiger partial charge is 0.258 e. The monoisotopic (exact) mass is 376 g/mol. The SMILES string of the molecule is CCn1c(=O)cc(/C=C/CCO)c2cc(N(C)C(=O)c3ccccc3)ccc21. The van der Waals surface area contributed by atoms with E-state index in [-0.39, 0.29) is 18.1 Å². The van der Waals surface area contributed by atoms with Crippen molar-refractivity contribution < 1.29 is 9.90 Å². The van der Waals surface area contributed by atoms with Gasteiger partial charge in [0, 0.05) is 42.9 Å². The molecule has 0 radical (unpaired) electrons. The number of carbonyl (C=O) groups excluding carboxylic acids is 1. The number of pyridine rings is 1. The topological polar surface area (TPSA) is 62.5 Å². The third kappa shape index (κ3) is 3.89. The average Bonchev–Trinajstić information content (AvgIpc) is 2.73. The fourth-order valence-electron chi connectivity index (χ4n) is 3.25. The van der Waals surface area contributed by atoms with E-state index in [4.69, 9.17) is 5.11 Å². The molecule has 1 N–H and O–H groups in total. The summed E-state index contributed by atoms with van der Waals surface area (Å²) in [4.78, 5) is 26.8. The fourth-order valence-corrected chi connectivity index (χ4v) is 3.25. The van der Waals surface area contributed by atoms with Crippen LogP contribution in [0.2, 0.25) is 0 Å². The molecule has 2 aromatic carbocycles. The van der Waals surface area contributed by atoms with Crippen LogP contribution in [0.4, 0.5) is 5.69 Å². The minimum absolute atomic E-state index is 0.0556. The normalized spacial score (nSPS) is 11.2. The molecule has 28 heavy (non-hydrogen) atoms. The third-order valence-electron chi connectivity index (χ3n) is 4.75. The maximum Gasteiger partial charge on any atom is 0.258 e. The van der Waals surface area contributed by atoms with Gasteiger partial charge in [-0.1, -0.05) is 30.4 Å². The highest BCUT2D eigenvalue weighted by molar-refractivity contribution is 6.06. The molecule has 1 heterocycles. The fraction of sp³-hybridized carbons (Fsp3) is 0.217. The maximum absolute atomic E-state index is 12.8. The Balaban J connectivity index is 2.10. The van der Waals surface area contributed by atoms with Crippen molar-refractivity contribution in [2.24, 2.45) is 0 Å². The summed E-state index contributed by atoms with van der Waals surface area (Å²) in [7, 11) is 1.74. The van der Waals surface area contributed by atoms with Gasteiger partial charge >= 0.3 is 0 Å². The van der Waals surface area contributed by atoms with Gasteiger partial charge in [-0.25, -0.2) is 0 Å². The van der Waals surface area contributed by atoms with E-state index < -0.39 is 0 Å². The van der Waals surface area contributed by atoms with Crippen molar-refractivity contribution >= 4 is 28.6 Å². The highest BCUT2D eigenvalue weighted by Crippen LogP contribution is 2.25. The van der Waals surface area contributed by atoms with Crippen LogP contribution < -0.4 is 10.5 Å². The zero-order valence-electron chi connectivity index (χ0n) is 16.1. The highest BCUT2D eigenvalue weighted by Gasteiger charge is 2.15. The van der Waals surface area contributed by atoms with Crippen LogP contribution in [0.15, 0.2) is 65.5 Å². The van der Waals surface area contributed by atoms with E-state index in [2.05, 4.69) is 0 Å². The van der Waals surface area contributed by atoms with Crippen LogP contribution in [-0.2, 0) is 6.54 Å². The minimum atomic E-state index is -0.0962. The Bertz CT molecular complexity index is 1070. The lowest BCUT2D eigenvalue weighted by molar-refractivity contribution is 0.0993. The van der Waals surface area contributed by atoms with Crippen molar-refractivity contribution in [3.05, 3.63) is 82.2 Å². The first-order chi connectivity index (χ1) is 13.6. The van der Waals surface area contributed by atoms with E-state index in [9.17, 15) is 9.59 Å². The summed E-state index contributed by atoms with van der Waals surface area (Å²) in [5.74, 6) is -0.0962. The lowest BCUT2D eigenvalue weighted by Crippen LogP contribution is -2.26. The molecule has 3 aromatic rings. The molecule has 0 saturated carbocycles. The Labute approximate surface area is 164 Å². The Morgan fingerprint density at radius 1 is 1.14 bits per heavy atom. The molecule has 1 amide bonds. The van der Waals surface area contributed by atoms with Crippen LogP contribution in [0.5, 0.6) is 0 Å². The Morgan fingerprint density at radius 3 is 2.57 bits per heavy atom. The third-order valence-corrected chi connectivity index (χ3v) is 4.75. The maximum atomic E-state index is 12.8. The van der Waals surface area contributed by atoms with Gasteiger partial charge in [0.15, 0.2) is 0 Å². The number of hydrogen-bond acceptors (Lipinski definition) is 3. The largest absolute Gasteiger partial charge is 0.396 e. The minimum Gasteiger partial charge on any atom is -0.396 e. The second-order valence-corrected chi connectivity index (χ2v) is 6.53.